The van der Waals surface area contributed by atoms with Crippen molar-refractivity contribution >= 4 is 28.1 Å². The van der Waals surface area contributed by atoms with Crippen molar-refractivity contribution in [2.45, 2.75) is 76.5 Å². The maximum absolute atomic E-state index is 13.5. The standard InChI is InChI=1S/C30H33ClN2O2/c1-29(2,3)22-11-12-23(31)25-26(22)33-24-16-20(19-8-7-18(15-19)17-34)9-10-21(24)30(13-5-4-6-14-30)28(33)32-27(25)35/h9-12,15-16,18,34H,4-8,13-14,17H2,1-3H3. The molecule has 0 radical (unpaired) electrons. The van der Waals surface area contributed by atoms with Gasteiger partial charge in [0.05, 0.1) is 27.0 Å². The average molecular weight is 489 g/mol. The summed E-state index contributed by atoms with van der Waals surface area (Å²) in [6.45, 7) is 6.76. The molecule has 1 atom stereocenters. The summed E-state index contributed by atoms with van der Waals surface area (Å²) in [5, 5.41) is 10.6. The molecule has 4 nitrogen and oxygen atoms in total. The topological polar surface area (TPSA) is 55.1 Å². The summed E-state index contributed by atoms with van der Waals surface area (Å²) in [5.41, 5.74) is 6.33. The van der Waals surface area contributed by atoms with E-state index in [1.807, 2.05) is 6.07 Å². The van der Waals surface area contributed by atoms with Crippen LogP contribution in [0.25, 0.3) is 22.2 Å². The Kier molecular flexibility index (Phi) is 5.28. The Morgan fingerprint density at radius 1 is 1.14 bits per heavy atom. The molecule has 1 fully saturated rings. The zero-order valence-corrected chi connectivity index (χ0v) is 21.6. The summed E-state index contributed by atoms with van der Waals surface area (Å²) in [6, 6.07) is 10.8. The Labute approximate surface area is 211 Å². The second kappa shape index (κ2) is 8.04. The third-order valence-electron chi connectivity index (χ3n) is 8.51. The van der Waals surface area contributed by atoms with Gasteiger partial charge in [0.1, 0.15) is 5.82 Å². The van der Waals surface area contributed by atoms with Crippen LogP contribution in [0.2, 0.25) is 5.02 Å². The van der Waals surface area contributed by atoms with E-state index in [-0.39, 0.29) is 28.9 Å². The molecule has 3 aliphatic rings. The molecule has 0 amide bonds. The number of nitrogens with zero attached hydrogens (tertiary/aromatic N) is 2. The zero-order chi connectivity index (χ0) is 24.5. The molecule has 6 rings (SSSR count). The first-order valence-corrected chi connectivity index (χ1v) is 13.4. The van der Waals surface area contributed by atoms with Crippen LogP contribution >= 0.6 is 11.6 Å². The van der Waals surface area contributed by atoms with E-state index >= 15 is 0 Å². The molecule has 1 N–H and O–H groups in total. The number of halogens is 1. The van der Waals surface area contributed by atoms with Gasteiger partial charge in [0.15, 0.2) is 0 Å². The van der Waals surface area contributed by atoms with Crippen LogP contribution in [0.15, 0.2) is 41.2 Å². The quantitative estimate of drug-likeness (QED) is 0.437. The van der Waals surface area contributed by atoms with E-state index in [0.717, 1.165) is 61.1 Å². The van der Waals surface area contributed by atoms with E-state index in [4.69, 9.17) is 16.6 Å². The van der Waals surface area contributed by atoms with Crippen molar-refractivity contribution in [1.29, 1.82) is 0 Å². The first-order valence-electron chi connectivity index (χ1n) is 13.0. The largest absolute Gasteiger partial charge is 0.396 e. The molecule has 1 aliphatic heterocycles. The van der Waals surface area contributed by atoms with E-state index in [1.54, 1.807) is 0 Å². The minimum absolute atomic E-state index is 0.167. The Morgan fingerprint density at radius 2 is 1.91 bits per heavy atom. The molecule has 2 aromatic carbocycles. The fraction of sp³-hybridized carbons (Fsp3) is 0.467. The number of aliphatic hydroxyl groups is 1. The summed E-state index contributed by atoms with van der Waals surface area (Å²) in [4.78, 5) is 18.3. The average Bonchev–Trinajstić information content (AvgIpc) is 3.41. The number of allylic oxidation sites excluding steroid dienone is 1. The Bertz CT molecular complexity index is 1440. The normalized spacial score (nSPS) is 20.8. The number of fused-ring (bicyclic) bond motifs is 7. The highest BCUT2D eigenvalue weighted by molar-refractivity contribution is 6.35. The van der Waals surface area contributed by atoms with Crippen LogP contribution < -0.4 is 5.56 Å². The molecule has 35 heavy (non-hydrogen) atoms. The minimum atomic E-state index is -0.228. The molecule has 182 valence electrons. The van der Waals surface area contributed by atoms with Gasteiger partial charge >= 0.3 is 0 Å². The lowest BCUT2D eigenvalue weighted by molar-refractivity contribution is 0.251. The smallest absolute Gasteiger partial charge is 0.282 e. The molecule has 1 spiro atoms. The predicted octanol–water partition coefficient (Wildman–Crippen LogP) is 6.69. The van der Waals surface area contributed by atoms with Gasteiger partial charge in [0, 0.05) is 12.5 Å². The summed E-state index contributed by atoms with van der Waals surface area (Å²) in [5.74, 6) is 1.13. The van der Waals surface area contributed by atoms with Crippen molar-refractivity contribution in [2.24, 2.45) is 5.92 Å². The molecule has 1 unspecified atom stereocenters. The number of hydrogen-bond acceptors (Lipinski definition) is 3. The fourth-order valence-electron chi connectivity index (χ4n) is 6.74. The number of benzene rings is 2. The lowest BCUT2D eigenvalue weighted by Gasteiger charge is -2.33. The van der Waals surface area contributed by atoms with E-state index in [2.05, 4.69) is 55.7 Å². The third-order valence-corrected chi connectivity index (χ3v) is 8.82. The molecule has 2 heterocycles. The zero-order valence-electron chi connectivity index (χ0n) is 20.8. The molecule has 0 saturated heterocycles. The molecular weight excluding hydrogens is 456 g/mol. The Hall–Kier alpha value is -2.43. The van der Waals surface area contributed by atoms with E-state index in [0.29, 0.717) is 10.4 Å². The minimum Gasteiger partial charge on any atom is -0.396 e. The number of aromatic nitrogens is 2. The van der Waals surface area contributed by atoms with Crippen LogP contribution in [0, 0.1) is 5.92 Å². The van der Waals surface area contributed by atoms with Gasteiger partial charge in [-0.2, -0.15) is 4.98 Å². The first-order chi connectivity index (χ1) is 16.7. The Balaban J connectivity index is 1.72. The van der Waals surface area contributed by atoms with Crippen LogP contribution in [-0.4, -0.2) is 21.3 Å². The highest BCUT2D eigenvalue weighted by Crippen LogP contribution is 2.53. The SMILES string of the molecule is CC(C)(C)c1ccc(Cl)c2c(=O)nc3n(c12)-c1cc(C2=CC(CO)CC2)ccc1C31CCCCC1. The van der Waals surface area contributed by atoms with Gasteiger partial charge in [-0.25, -0.2) is 0 Å². The fourth-order valence-corrected chi connectivity index (χ4v) is 6.97. The van der Waals surface area contributed by atoms with Crippen LogP contribution in [0.4, 0.5) is 0 Å². The van der Waals surface area contributed by atoms with Gasteiger partial charge in [-0.15, -0.1) is 0 Å². The molecule has 5 heteroatoms. The highest BCUT2D eigenvalue weighted by Gasteiger charge is 2.47. The lowest BCUT2D eigenvalue weighted by atomic mass is 9.69. The van der Waals surface area contributed by atoms with Crippen molar-refractivity contribution in [3.05, 3.63) is 74.3 Å². The summed E-state index contributed by atoms with van der Waals surface area (Å²) < 4.78 is 2.28. The van der Waals surface area contributed by atoms with Crippen molar-refractivity contribution in [1.82, 2.24) is 9.55 Å². The van der Waals surface area contributed by atoms with Gasteiger partial charge in [-0.05, 0) is 65.5 Å². The second-order valence-corrected chi connectivity index (χ2v) is 12.1. The van der Waals surface area contributed by atoms with Crippen molar-refractivity contribution in [2.75, 3.05) is 6.61 Å². The van der Waals surface area contributed by atoms with Crippen molar-refractivity contribution < 1.29 is 5.11 Å². The Morgan fingerprint density at radius 3 is 2.60 bits per heavy atom. The highest BCUT2D eigenvalue weighted by atomic mass is 35.5. The van der Waals surface area contributed by atoms with E-state index < -0.39 is 0 Å². The molecule has 1 saturated carbocycles. The summed E-state index contributed by atoms with van der Waals surface area (Å²) >= 11 is 6.67. The first kappa shape index (κ1) is 23.0. The lowest BCUT2D eigenvalue weighted by Crippen LogP contribution is -2.32. The predicted molar refractivity (Wildman–Crippen MR) is 143 cm³/mol. The number of hydrogen-bond donors (Lipinski definition) is 1. The van der Waals surface area contributed by atoms with E-state index in [9.17, 15) is 9.90 Å². The molecule has 2 aliphatic carbocycles. The van der Waals surface area contributed by atoms with Gasteiger partial charge < -0.3 is 5.11 Å². The van der Waals surface area contributed by atoms with E-state index in [1.165, 1.54) is 23.1 Å². The van der Waals surface area contributed by atoms with Gasteiger partial charge in [0.2, 0.25) is 0 Å². The third kappa shape index (κ3) is 3.37. The van der Waals surface area contributed by atoms with Crippen molar-refractivity contribution in [3.8, 4) is 5.69 Å². The summed E-state index contributed by atoms with van der Waals surface area (Å²) in [7, 11) is 0. The number of aliphatic hydroxyl groups excluding tert-OH is 1. The monoisotopic (exact) mass is 488 g/mol. The molecule has 0 bridgehead atoms. The number of rotatable bonds is 2. The maximum Gasteiger partial charge on any atom is 0.282 e. The maximum atomic E-state index is 13.5. The van der Waals surface area contributed by atoms with Gasteiger partial charge in [0.25, 0.3) is 5.56 Å². The molecular formula is C30H33ClN2O2. The van der Waals surface area contributed by atoms with Gasteiger partial charge in [-0.1, -0.05) is 75.9 Å². The molecule has 3 aromatic rings. The molecule has 1 aromatic heterocycles. The van der Waals surface area contributed by atoms with Crippen LogP contribution in [-0.2, 0) is 10.8 Å². The van der Waals surface area contributed by atoms with Crippen LogP contribution in [0.3, 0.4) is 0 Å². The van der Waals surface area contributed by atoms with Crippen molar-refractivity contribution in [3.63, 3.8) is 0 Å². The summed E-state index contributed by atoms with van der Waals surface area (Å²) in [6.07, 6.45) is 9.72. The second-order valence-electron chi connectivity index (χ2n) is 11.7. The van der Waals surface area contributed by atoms with Gasteiger partial charge in [-0.3, -0.25) is 9.36 Å². The van der Waals surface area contributed by atoms with Crippen LogP contribution in [0.1, 0.15) is 88.2 Å². The van der Waals surface area contributed by atoms with Crippen LogP contribution in [0.5, 0.6) is 0 Å².